The van der Waals surface area contributed by atoms with Gasteiger partial charge in [0.05, 0.1) is 11.1 Å². The molecule has 38 heavy (non-hydrogen) atoms. The highest BCUT2D eigenvalue weighted by Crippen LogP contribution is 2.39. The van der Waals surface area contributed by atoms with Crippen LogP contribution in [0.1, 0.15) is 5.76 Å². The number of carbonyl (C=O) groups excluding carboxylic acids is 1. The maximum Gasteiger partial charge on any atom is 0.453 e. The lowest BCUT2D eigenvalue weighted by Gasteiger charge is -2.14. The van der Waals surface area contributed by atoms with Gasteiger partial charge in [0.25, 0.3) is 11.7 Å². The maximum absolute atomic E-state index is 13.9. The fraction of sp³-hybridized carbons (Fsp3) is 0.0714. The Morgan fingerprint density at radius 2 is 1.58 bits per heavy atom. The van der Waals surface area contributed by atoms with Crippen molar-refractivity contribution in [1.29, 1.82) is 0 Å². The number of amides is 1. The van der Waals surface area contributed by atoms with Crippen molar-refractivity contribution in [3.05, 3.63) is 107 Å². The molecule has 5 rings (SSSR count). The van der Waals surface area contributed by atoms with E-state index in [9.17, 15) is 27.2 Å². The summed E-state index contributed by atoms with van der Waals surface area (Å²) in [5, 5.41) is 3.69. The molecule has 0 unspecified atom stereocenters. The number of fused-ring (bicyclic) bond motifs is 2. The van der Waals surface area contributed by atoms with Gasteiger partial charge in [0.15, 0.2) is 6.61 Å². The number of benzene rings is 4. The van der Waals surface area contributed by atoms with Crippen molar-refractivity contribution in [2.75, 3.05) is 11.9 Å². The summed E-state index contributed by atoms with van der Waals surface area (Å²) < 4.78 is 71.1. The van der Waals surface area contributed by atoms with E-state index in [1.807, 2.05) is 12.1 Å². The molecule has 1 heterocycles. The average molecular weight is 523 g/mol. The molecule has 0 spiro atoms. The topological polar surface area (TPSA) is 77.8 Å². The van der Waals surface area contributed by atoms with Crippen molar-refractivity contribution in [2.24, 2.45) is 0 Å². The van der Waals surface area contributed by atoms with Crippen LogP contribution < -0.4 is 20.2 Å². The third-order valence-corrected chi connectivity index (χ3v) is 5.54. The lowest BCUT2D eigenvalue weighted by atomic mass is 10.1. The molecule has 0 aliphatic heterocycles. The minimum Gasteiger partial charge on any atom is -0.484 e. The van der Waals surface area contributed by atoms with Gasteiger partial charge in [-0.2, -0.15) is 13.2 Å². The molecule has 0 aliphatic rings. The molecule has 0 aliphatic carbocycles. The Hall–Kier alpha value is -4.86. The number of halogens is 4. The van der Waals surface area contributed by atoms with E-state index in [-0.39, 0.29) is 22.6 Å². The monoisotopic (exact) mass is 523 g/mol. The quantitative estimate of drug-likeness (QED) is 0.245. The lowest BCUT2D eigenvalue weighted by molar-refractivity contribution is -0.154. The molecule has 5 aromatic rings. The maximum atomic E-state index is 13.9. The van der Waals surface area contributed by atoms with Crippen LogP contribution in [0.25, 0.3) is 21.7 Å². The highest BCUT2D eigenvalue weighted by atomic mass is 19.4. The molecular weight excluding hydrogens is 506 g/mol. The van der Waals surface area contributed by atoms with Crippen molar-refractivity contribution < 1.29 is 36.2 Å². The minimum atomic E-state index is -5.05. The Kier molecular flexibility index (Phi) is 6.46. The van der Waals surface area contributed by atoms with Crippen LogP contribution in [0.15, 0.2) is 94.1 Å². The van der Waals surface area contributed by atoms with Gasteiger partial charge in [0.1, 0.15) is 22.9 Å². The summed E-state index contributed by atoms with van der Waals surface area (Å²) >= 11 is 0. The molecule has 192 valence electrons. The van der Waals surface area contributed by atoms with E-state index in [0.717, 1.165) is 17.5 Å². The van der Waals surface area contributed by atoms with Crippen LogP contribution in [0.5, 0.6) is 17.2 Å². The zero-order chi connectivity index (χ0) is 26.9. The molecule has 0 saturated carbocycles. The van der Waals surface area contributed by atoms with E-state index >= 15 is 0 Å². The second-order valence-corrected chi connectivity index (χ2v) is 8.17. The molecule has 1 N–H and O–H groups in total. The van der Waals surface area contributed by atoms with Crippen molar-refractivity contribution in [3.63, 3.8) is 0 Å². The molecule has 0 saturated heterocycles. The smallest absolute Gasteiger partial charge is 0.453 e. The predicted octanol–water partition coefficient (Wildman–Crippen LogP) is 6.91. The molecule has 0 bridgehead atoms. The molecule has 0 fully saturated rings. The Morgan fingerprint density at radius 1 is 0.868 bits per heavy atom. The summed E-state index contributed by atoms with van der Waals surface area (Å²) in [5.41, 5.74) is -1.50. The SMILES string of the molecule is O=C(COc1ccc2c(=O)c(Oc3ccc4ccccc4c3)c(C(F)(F)F)oc2c1)Nc1ccccc1F. The van der Waals surface area contributed by atoms with Crippen molar-refractivity contribution in [2.45, 2.75) is 6.18 Å². The molecule has 4 aromatic carbocycles. The van der Waals surface area contributed by atoms with Gasteiger partial charge in [0, 0.05) is 6.07 Å². The number of ether oxygens (including phenoxy) is 2. The first-order chi connectivity index (χ1) is 18.2. The van der Waals surface area contributed by atoms with Gasteiger partial charge in [-0.25, -0.2) is 4.39 Å². The number of alkyl halides is 3. The number of rotatable bonds is 6. The molecule has 0 radical (unpaired) electrons. The molecule has 1 aromatic heterocycles. The Balaban J connectivity index is 1.43. The van der Waals surface area contributed by atoms with Crippen molar-refractivity contribution in [1.82, 2.24) is 0 Å². The summed E-state index contributed by atoms with van der Waals surface area (Å²) in [6.45, 7) is -0.570. The van der Waals surface area contributed by atoms with E-state index in [4.69, 9.17) is 13.9 Å². The van der Waals surface area contributed by atoms with Crippen LogP contribution in [-0.2, 0) is 11.0 Å². The van der Waals surface area contributed by atoms with Gasteiger partial charge in [-0.05, 0) is 47.2 Å². The van der Waals surface area contributed by atoms with Crippen molar-refractivity contribution >= 4 is 33.3 Å². The summed E-state index contributed by atoms with van der Waals surface area (Å²) in [6.07, 6.45) is -5.05. The number of carbonyl (C=O) groups is 1. The number of nitrogens with one attached hydrogen (secondary N) is 1. The third kappa shape index (κ3) is 5.15. The Bertz CT molecular complexity index is 1730. The van der Waals surface area contributed by atoms with Gasteiger partial charge in [-0.1, -0.05) is 42.5 Å². The number of anilines is 1. The molecule has 6 nitrogen and oxygen atoms in total. The number of hydrogen-bond donors (Lipinski definition) is 1. The second-order valence-electron chi connectivity index (χ2n) is 8.17. The van der Waals surface area contributed by atoms with E-state index < -0.39 is 47.0 Å². The first-order valence-electron chi connectivity index (χ1n) is 11.2. The van der Waals surface area contributed by atoms with Crippen LogP contribution in [0.4, 0.5) is 23.2 Å². The molecule has 0 atom stereocenters. The van der Waals surface area contributed by atoms with E-state index in [2.05, 4.69) is 5.32 Å². The predicted molar refractivity (Wildman–Crippen MR) is 132 cm³/mol. The van der Waals surface area contributed by atoms with Crippen LogP contribution in [-0.4, -0.2) is 12.5 Å². The zero-order valence-corrected chi connectivity index (χ0v) is 19.3. The second kappa shape index (κ2) is 9.89. The van der Waals surface area contributed by atoms with E-state index in [1.165, 1.54) is 42.5 Å². The fourth-order valence-corrected chi connectivity index (χ4v) is 3.77. The van der Waals surface area contributed by atoms with Crippen LogP contribution in [0, 0.1) is 5.82 Å². The van der Waals surface area contributed by atoms with Crippen LogP contribution in [0.2, 0.25) is 0 Å². The van der Waals surface area contributed by atoms with Gasteiger partial charge in [0.2, 0.25) is 11.2 Å². The average Bonchev–Trinajstić information content (AvgIpc) is 2.89. The van der Waals surface area contributed by atoms with Gasteiger partial charge < -0.3 is 19.2 Å². The molecule has 10 heteroatoms. The van der Waals surface area contributed by atoms with Gasteiger partial charge in [-0.3, -0.25) is 9.59 Å². The lowest BCUT2D eigenvalue weighted by Crippen LogP contribution is -2.20. The standard InChI is InChI=1S/C28H17F4NO5/c29-21-7-3-4-8-22(21)33-24(34)15-36-18-11-12-20-23(14-18)38-27(28(30,31)32)26(25(20)35)37-19-10-9-16-5-1-2-6-17(16)13-19/h1-14H,15H2,(H,33,34). The van der Waals surface area contributed by atoms with Crippen LogP contribution in [0.3, 0.4) is 0 Å². The Labute approximate surface area is 212 Å². The van der Waals surface area contributed by atoms with E-state index in [0.29, 0.717) is 5.39 Å². The summed E-state index contributed by atoms with van der Waals surface area (Å²) in [5.74, 6) is -3.97. The fourth-order valence-electron chi connectivity index (χ4n) is 3.77. The molecule has 1 amide bonds. The van der Waals surface area contributed by atoms with Gasteiger partial charge in [-0.15, -0.1) is 0 Å². The highest BCUT2D eigenvalue weighted by Gasteiger charge is 2.40. The third-order valence-electron chi connectivity index (χ3n) is 5.54. The molecular formula is C28H17F4NO5. The number of hydrogen-bond acceptors (Lipinski definition) is 5. The minimum absolute atomic E-state index is 0.0293. The Morgan fingerprint density at radius 3 is 2.34 bits per heavy atom. The first kappa shape index (κ1) is 24.8. The first-order valence-corrected chi connectivity index (χ1v) is 11.2. The van der Waals surface area contributed by atoms with E-state index in [1.54, 1.807) is 18.2 Å². The summed E-state index contributed by atoms with van der Waals surface area (Å²) in [4.78, 5) is 25.2. The zero-order valence-electron chi connectivity index (χ0n) is 19.3. The van der Waals surface area contributed by atoms with Crippen molar-refractivity contribution in [3.8, 4) is 17.2 Å². The van der Waals surface area contributed by atoms with Gasteiger partial charge >= 0.3 is 6.18 Å². The highest BCUT2D eigenvalue weighted by molar-refractivity contribution is 5.92. The summed E-state index contributed by atoms with van der Waals surface area (Å²) in [6, 6.07) is 20.9. The summed E-state index contributed by atoms with van der Waals surface area (Å²) in [7, 11) is 0. The van der Waals surface area contributed by atoms with Crippen LogP contribution >= 0.6 is 0 Å². The largest absolute Gasteiger partial charge is 0.484 e. The number of para-hydroxylation sites is 1. The normalized spacial score (nSPS) is 11.5.